The minimum atomic E-state index is -0.229. The zero-order chi connectivity index (χ0) is 22.2. The lowest BCUT2D eigenvalue weighted by molar-refractivity contribution is 0.0651. The molecule has 2 aromatic heterocycles. The van der Waals surface area contributed by atoms with Gasteiger partial charge in [0.15, 0.2) is 0 Å². The summed E-state index contributed by atoms with van der Waals surface area (Å²) >= 11 is 6.47. The van der Waals surface area contributed by atoms with E-state index in [0.717, 1.165) is 27.8 Å². The molecule has 0 radical (unpaired) electrons. The van der Waals surface area contributed by atoms with Crippen LogP contribution in [0.4, 0.5) is 0 Å². The normalized spacial score (nSPS) is 13.1. The lowest BCUT2D eigenvalue weighted by Gasteiger charge is -2.14. The Kier molecular flexibility index (Phi) is 5.15. The van der Waals surface area contributed by atoms with Gasteiger partial charge in [0.1, 0.15) is 10.9 Å². The fourth-order valence-electron chi connectivity index (χ4n) is 4.24. The van der Waals surface area contributed by atoms with Gasteiger partial charge in [-0.15, -0.1) is 0 Å². The van der Waals surface area contributed by atoms with Crippen LogP contribution in [-0.4, -0.2) is 39.9 Å². The predicted molar refractivity (Wildman–Crippen MR) is 123 cm³/mol. The molecule has 32 heavy (non-hydrogen) atoms. The van der Waals surface area contributed by atoms with Gasteiger partial charge >= 0.3 is 0 Å². The number of aromatic nitrogens is 2. The van der Waals surface area contributed by atoms with Crippen LogP contribution in [0.3, 0.4) is 0 Å². The highest BCUT2D eigenvalue weighted by atomic mass is 35.5. The van der Waals surface area contributed by atoms with Gasteiger partial charge in [-0.05, 0) is 42.3 Å². The van der Waals surface area contributed by atoms with Gasteiger partial charge < -0.3 is 9.30 Å². The van der Waals surface area contributed by atoms with E-state index in [1.807, 2.05) is 36.5 Å². The van der Waals surface area contributed by atoms with Crippen molar-refractivity contribution in [2.24, 2.45) is 0 Å². The Bertz CT molecular complexity index is 1330. The van der Waals surface area contributed by atoms with E-state index in [4.69, 9.17) is 16.3 Å². The average Bonchev–Trinajstić information content (AvgIpc) is 3.31. The number of aryl methyl sites for hydroxylation is 1. The Balaban J connectivity index is 1.42. The molecule has 0 bridgehead atoms. The van der Waals surface area contributed by atoms with Crippen molar-refractivity contribution in [1.29, 1.82) is 0 Å². The Morgan fingerprint density at radius 2 is 1.69 bits per heavy atom. The number of pyridine rings is 1. The second-order valence-electron chi connectivity index (χ2n) is 7.63. The van der Waals surface area contributed by atoms with Crippen molar-refractivity contribution in [2.75, 3.05) is 13.7 Å². The molecule has 5 rings (SSSR count). The zero-order valence-electron chi connectivity index (χ0n) is 17.4. The van der Waals surface area contributed by atoms with Crippen molar-refractivity contribution in [3.8, 4) is 16.9 Å². The van der Waals surface area contributed by atoms with Crippen LogP contribution < -0.4 is 4.74 Å². The summed E-state index contributed by atoms with van der Waals surface area (Å²) in [4.78, 5) is 30.8. The molecule has 0 atom stereocenters. The minimum Gasteiger partial charge on any atom is -0.497 e. The second-order valence-corrected chi connectivity index (χ2v) is 7.98. The molecule has 160 valence electrons. The third kappa shape index (κ3) is 3.33. The maximum atomic E-state index is 12.6. The molecule has 3 heterocycles. The van der Waals surface area contributed by atoms with Crippen LogP contribution in [0.5, 0.6) is 5.75 Å². The summed E-state index contributed by atoms with van der Waals surface area (Å²) in [7, 11) is 1.64. The molecule has 0 fully saturated rings. The first-order chi connectivity index (χ1) is 15.6. The van der Waals surface area contributed by atoms with Gasteiger partial charge in [-0.2, -0.15) is 0 Å². The van der Waals surface area contributed by atoms with Crippen molar-refractivity contribution in [3.05, 3.63) is 83.3 Å². The fraction of sp³-hybridized carbons (Fsp3) is 0.160. The molecule has 2 aromatic carbocycles. The maximum absolute atomic E-state index is 12.6. The number of carbonyl (C=O) groups is 2. The Morgan fingerprint density at radius 1 is 0.938 bits per heavy atom. The van der Waals surface area contributed by atoms with Gasteiger partial charge in [-0.25, -0.2) is 4.98 Å². The molecule has 0 spiro atoms. The van der Waals surface area contributed by atoms with Crippen LogP contribution in [0.1, 0.15) is 27.1 Å². The molecule has 0 saturated heterocycles. The van der Waals surface area contributed by atoms with Crippen LogP contribution in [0.25, 0.3) is 22.0 Å². The number of nitrogens with zero attached hydrogens (tertiary/aromatic N) is 3. The molecule has 6 nitrogen and oxygen atoms in total. The first-order valence-corrected chi connectivity index (χ1v) is 10.7. The van der Waals surface area contributed by atoms with Crippen molar-refractivity contribution in [3.63, 3.8) is 0 Å². The quantitative estimate of drug-likeness (QED) is 0.307. The van der Waals surface area contributed by atoms with E-state index in [9.17, 15) is 9.59 Å². The summed E-state index contributed by atoms with van der Waals surface area (Å²) in [5, 5.41) is 1.29. The molecule has 7 heteroatoms. The van der Waals surface area contributed by atoms with E-state index in [2.05, 4.69) is 9.55 Å². The number of amides is 2. The topological polar surface area (TPSA) is 64.4 Å². The Labute approximate surface area is 190 Å². The van der Waals surface area contributed by atoms with Gasteiger partial charge in [-0.1, -0.05) is 35.9 Å². The summed E-state index contributed by atoms with van der Waals surface area (Å²) < 4.78 is 7.46. The molecule has 1 aliphatic heterocycles. The summed E-state index contributed by atoms with van der Waals surface area (Å²) in [6.45, 7) is 0.966. The van der Waals surface area contributed by atoms with E-state index in [1.165, 1.54) is 4.90 Å². The fourth-order valence-corrected chi connectivity index (χ4v) is 4.50. The van der Waals surface area contributed by atoms with Crippen molar-refractivity contribution in [2.45, 2.75) is 13.0 Å². The van der Waals surface area contributed by atoms with Crippen molar-refractivity contribution >= 4 is 34.3 Å². The third-order valence-electron chi connectivity index (χ3n) is 5.79. The molecule has 0 aliphatic carbocycles. The SMILES string of the molecule is COc1cccc(-c2cn(CCCN3C(=O)c4ccccc4C3=O)c3ccnc(Cl)c23)c1. The largest absolute Gasteiger partial charge is 0.497 e. The number of rotatable bonds is 6. The number of benzene rings is 2. The third-order valence-corrected chi connectivity index (χ3v) is 6.07. The molecule has 4 aromatic rings. The second kappa shape index (κ2) is 8.13. The highest BCUT2D eigenvalue weighted by Crippen LogP contribution is 2.36. The molecular formula is C25H20ClN3O3. The van der Waals surface area contributed by atoms with Crippen LogP contribution in [0.15, 0.2) is 67.0 Å². The zero-order valence-corrected chi connectivity index (χ0v) is 18.2. The number of ether oxygens (including phenoxy) is 1. The smallest absolute Gasteiger partial charge is 0.261 e. The standard InChI is InChI=1S/C25H20ClN3O3/c1-32-17-7-4-6-16(14-17)20-15-28(21-10-11-27-23(26)22(20)21)12-5-13-29-24(30)18-8-2-3-9-19(18)25(29)31/h2-4,6-11,14-15H,5,12-13H2,1H3. The first-order valence-electron chi connectivity index (χ1n) is 10.3. The number of halogens is 1. The number of hydrogen-bond acceptors (Lipinski definition) is 4. The van der Waals surface area contributed by atoms with Crippen LogP contribution in [0, 0.1) is 0 Å². The summed E-state index contributed by atoms with van der Waals surface area (Å²) in [6, 6.07) is 16.7. The van der Waals surface area contributed by atoms with E-state index < -0.39 is 0 Å². The number of carbonyl (C=O) groups excluding carboxylic acids is 2. The van der Waals surface area contributed by atoms with E-state index in [-0.39, 0.29) is 11.8 Å². The predicted octanol–water partition coefficient (Wildman–Crippen LogP) is 5.05. The number of methoxy groups -OCH3 is 1. The summed E-state index contributed by atoms with van der Waals surface area (Å²) in [5.41, 5.74) is 3.83. The van der Waals surface area contributed by atoms with Gasteiger partial charge in [0, 0.05) is 36.4 Å². The van der Waals surface area contributed by atoms with E-state index in [0.29, 0.717) is 35.8 Å². The highest BCUT2D eigenvalue weighted by molar-refractivity contribution is 6.35. The van der Waals surface area contributed by atoms with Crippen LogP contribution in [-0.2, 0) is 6.54 Å². The maximum Gasteiger partial charge on any atom is 0.261 e. The van der Waals surface area contributed by atoms with Gasteiger partial charge in [-0.3, -0.25) is 14.5 Å². The molecular weight excluding hydrogens is 426 g/mol. The minimum absolute atomic E-state index is 0.229. The van der Waals surface area contributed by atoms with Crippen LogP contribution >= 0.6 is 11.6 Å². The summed E-state index contributed by atoms with van der Waals surface area (Å²) in [6.07, 6.45) is 4.34. The average molecular weight is 446 g/mol. The highest BCUT2D eigenvalue weighted by Gasteiger charge is 2.34. The molecule has 1 aliphatic rings. The number of hydrogen-bond donors (Lipinski definition) is 0. The molecule has 0 unspecified atom stereocenters. The lowest BCUT2D eigenvalue weighted by Crippen LogP contribution is -2.31. The molecule has 0 N–H and O–H groups in total. The van der Waals surface area contributed by atoms with Crippen molar-refractivity contribution in [1.82, 2.24) is 14.5 Å². The van der Waals surface area contributed by atoms with E-state index in [1.54, 1.807) is 37.6 Å². The van der Waals surface area contributed by atoms with Crippen LogP contribution in [0.2, 0.25) is 5.15 Å². The summed E-state index contributed by atoms with van der Waals surface area (Å²) in [5.74, 6) is 0.300. The van der Waals surface area contributed by atoms with E-state index >= 15 is 0 Å². The number of fused-ring (bicyclic) bond motifs is 2. The Hall–Kier alpha value is -3.64. The lowest BCUT2D eigenvalue weighted by atomic mass is 10.1. The van der Waals surface area contributed by atoms with Gasteiger partial charge in [0.05, 0.1) is 23.8 Å². The number of imide groups is 1. The van der Waals surface area contributed by atoms with Gasteiger partial charge in [0.25, 0.3) is 11.8 Å². The monoisotopic (exact) mass is 445 g/mol. The van der Waals surface area contributed by atoms with Crippen molar-refractivity contribution < 1.29 is 14.3 Å². The van der Waals surface area contributed by atoms with Gasteiger partial charge in [0.2, 0.25) is 0 Å². The molecule has 0 saturated carbocycles. The first kappa shape index (κ1) is 20.3. The Morgan fingerprint density at radius 3 is 2.41 bits per heavy atom. The molecule has 2 amide bonds.